The standard InChI is InChI=1S/C18H14O5/c1-11(18(20)21)22-13-7-8-14-15(19)10-16(23-17(14)9-13)12-5-3-2-4-6-12/h2-11H,1H3,(H,20,21)/t11-/m0/s1. The largest absolute Gasteiger partial charge is 0.479 e. The van der Waals surface area contributed by atoms with E-state index in [0.29, 0.717) is 22.5 Å². The summed E-state index contributed by atoms with van der Waals surface area (Å²) in [5.41, 5.74) is 0.978. The van der Waals surface area contributed by atoms with Gasteiger partial charge in [-0.15, -0.1) is 0 Å². The average molecular weight is 310 g/mol. The van der Waals surface area contributed by atoms with Crippen molar-refractivity contribution >= 4 is 16.9 Å². The number of hydrogen-bond acceptors (Lipinski definition) is 4. The van der Waals surface area contributed by atoms with Crippen molar-refractivity contribution in [1.82, 2.24) is 0 Å². The van der Waals surface area contributed by atoms with Crippen LogP contribution >= 0.6 is 0 Å². The second-order valence-corrected chi connectivity index (χ2v) is 5.10. The van der Waals surface area contributed by atoms with Crippen molar-refractivity contribution in [1.29, 1.82) is 0 Å². The fourth-order valence-electron chi connectivity index (χ4n) is 2.21. The van der Waals surface area contributed by atoms with Gasteiger partial charge >= 0.3 is 5.97 Å². The van der Waals surface area contributed by atoms with Crippen molar-refractivity contribution in [2.45, 2.75) is 13.0 Å². The molecule has 0 fully saturated rings. The van der Waals surface area contributed by atoms with Gasteiger partial charge in [0.25, 0.3) is 0 Å². The van der Waals surface area contributed by atoms with Crippen LogP contribution < -0.4 is 10.2 Å². The molecule has 0 aliphatic heterocycles. The summed E-state index contributed by atoms with van der Waals surface area (Å²) in [5.74, 6) is -0.281. The first-order chi connectivity index (χ1) is 11.0. The molecule has 5 heteroatoms. The maximum absolute atomic E-state index is 12.2. The fraction of sp³-hybridized carbons (Fsp3) is 0.111. The second kappa shape index (κ2) is 5.96. The number of carboxylic acids is 1. The number of hydrogen-bond donors (Lipinski definition) is 1. The number of rotatable bonds is 4. The first-order valence-corrected chi connectivity index (χ1v) is 7.07. The van der Waals surface area contributed by atoms with Crippen LogP contribution in [0, 0.1) is 0 Å². The summed E-state index contributed by atoms with van der Waals surface area (Å²) in [5, 5.41) is 9.31. The smallest absolute Gasteiger partial charge is 0.344 e. The molecule has 0 amide bonds. The summed E-state index contributed by atoms with van der Waals surface area (Å²) in [4.78, 5) is 23.1. The number of benzene rings is 2. The molecule has 1 N–H and O–H groups in total. The Balaban J connectivity index is 2.07. The van der Waals surface area contributed by atoms with Gasteiger partial charge in [0.2, 0.25) is 0 Å². The van der Waals surface area contributed by atoms with E-state index >= 15 is 0 Å². The van der Waals surface area contributed by atoms with E-state index in [1.54, 1.807) is 12.1 Å². The Hall–Kier alpha value is -3.08. The molecule has 2 aromatic carbocycles. The summed E-state index contributed by atoms with van der Waals surface area (Å²) < 4.78 is 11.1. The molecule has 1 aromatic heterocycles. The minimum absolute atomic E-state index is 0.164. The number of fused-ring (bicyclic) bond motifs is 1. The zero-order chi connectivity index (χ0) is 16.4. The van der Waals surface area contributed by atoms with E-state index in [1.165, 1.54) is 19.1 Å². The number of ether oxygens (including phenoxy) is 1. The van der Waals surface area contributed by atoms with Gasteiger partial charge < -0.3 is 14.3 Å². The van der Waals surface area contributed by atoms with Crippen molar-refractivity contribution in [3.05, 3.63) is 64.8 Å². The van der Waals surface area contributed by atoms with Crippen LogP contribution in [0.3, 0.4) is 0 Å². The van der Waals surface area contributed by atoms with Crippen LogP contribution in [0.4, 0.5) is 0 Å². The zero-order valence-corrected chi connectivity index (χ0v) is 12.4. The maximum Gasteiger partial charge on any atom is 0.344 e. The molecule has 5 nitrogen and oxygen atoms in total. The molecule has 0 bridgehead atoms. The van der Waals surface area contributed by atoms with Gasteiger partial charge in [0.15, 0.2) is 11.5 Å². The highest BCUT2D eigenvalue weighted by molar-refractivity contribution is 5.80. The van der Waals surface area contributed by atoms with Crippen LogP contribution in [0.15, 0.2) is 63.8 Å². The van der Waals surface area contributed by atoms with Crippen molar-refractivity contribution in [2.24, 2.45) is 0 Å². The Labute approximate surface area is 131 Å². The fourth-order valence-corrected chi connectivity index (χ4v) is 2.21. The molecular weight excluding hydrogens is 296 g/mol. The van der Waals surface area contributed by atoms with E-state index in [-0.39, 0.29) is 5.43 Å². The summed E-state index contributed by atoms with van der Waals surface area (Å²) in [6.45, 7) is 1.43. The third-order valence-electron chi connectivity index (χ3n) is 3.42. The molecule has 0 unspecified atom stereocenters. The van der Waals surface area contributed by atoms with Gasteiger partial charge in [-0.2, -0.15) is 0 Å². The first kappa shape index (κ1) is 14.8. The quantitative estimate of drug-likeness (QED) is 0.800. The van der Waals surface area contributed by atoms with Gasteiger partial charge in [0, 0.05) is 17.7 Å². The molecule has 0 aliphatic rings. The van der Waals surface area contributed by atoms with E-state index in [2.05, 4.69) is 0 Å². The molecule has 0 saturated heterocycles. The predicted molar refractivity (Wildman–Crippen MR) is 85.6 cm³/mol. The van der Waals surface area contributed by atoms with Crippen LogP contribution in [-0.2, 0) is 4.79 Å². The van der Waals surface area contributed by atoms with Crippen LogP contribution in [-0.4, -0.2) is 17.2 Å². The predicted octanol–water partition coefficient (Wildman–Crippen LogP) is 3.31. The Morgan fingerprint density at radius 2 is 1.87 bits per heavy atom. The van der Waals surface area contributed by atoms with Crippen molar-refractivity contribution in [2.75, 3.05) is 0 Å². The van der Waals surface area contributed by atoms with Gasteiger partial charge in [0.05, 0.1) is 5.39 Å². The van der Waals surface area contributed by atoms with E-state index < -0.39 is 12.1 Å². The lowest BCUT2D eigenvalue weighted by Crippen LogP contribution is -2.22. The van der Waals surface area contributed by atoms with Crippen LogP contribution in [0.2, 0.25) is 0 Å². The molecule has 116 valence electrons. The van der Waals surface area contributed by atoms with E-state index in [9.17, 15) is 9.59 Å². The highest BCUT2D eigenvalue weighted by Crippen LogP contribution is 2.25. The van der Waals surface area contributed by atoms with E-state index in [1.807, 2.05) is 30.3 Å². The summed E-state index contributed by atoms with van der Waals surface area (Å²) >= 11 is 0. The van der Waals surface area contributed by atoms with Crippen molar-refractivity contribution < 1.29 is 19.1 Å². The molecule has 3 rings (SSSR count). The highest BCUT2D eigenvalue weighted by Gasteiger charge is 2.14. The summed E-state index contributed by atoms with van der Waals surface area (Å²) in [6.07, 6.45) is -0.989. The average Bonchev–Trinajstić information content (AvgIpc) is 2.55. The lowest BCUT2D eigenvalue weighted by atomic mass is 10.1. The molecule has 1 atom stereocenters. The van der Waals surface area contributed by atoms with Crippen LogP contribution in [0.25, 0.3) is 22.3 Å². The minimum Gasteiger partial charge on any atom is -0.479 e. The van der Waals surface area contributed by atoms with Crippen LogP contribution in [0.1, 0.15) is 6.92 Å². The maximum atomic E-state index is 12.2. The van der Waals surface area contributed by atoms with Gasteiger partial charge in [0.1, 0.15) is 17.1 Å². The van der Waals surface area contributed by atoms with E-state index in [0.717, 1.165) is 5.56 Å². The molecule has 0 saturated carbocycles. The highest BCUT2D eigenvalue weighted by atomic mass is 16.5. The molecule has 1 heterocycles. The number of aliphatic carboxylic acids is 1. The summed E-state index contributed by atoms with van der Waals surface area (Å²) in [7, 11) is 0. The monoisotopic (exact) mass is 310 g/mol. The van der Waals surface area contributed by atoms with E-state index in [4.69, 9.17) is 14.3 Å². The molecule has 0 aliphatic carbocycles. The molecule has 3 aromatic rings. The Bertz CT molecular complexity index is 912. The summed E-state index contributed by atoms with van der Waals surface area (Å²) in [6, 6.07) is 15.4. The third kappa shape index (κ3) is 3.08. The lowest BCUT2D eigenvalue weighted by molar-refractivity contribution is -0.144. The molecule has 0 radical (unpaired) electrons. The second-order valence-electron chi connectivity index (χ2n) is 5.10. The topological polar surface area (TPSA) is 76.7 Å². The zero-order valence-electron chi connectivity index (χ0n) is 12.4. The van der Waals surface area contributed by atoms with Gasteiger partial charge in [-0.1, -0.05) is 30.3 Å². The minimum atomic E-state index is -1.07. The normalized spacial score (nSPS) is 12.0. The first-order valence-electron chi connectivity index (χ1n) is 7.07. The van der Waals surface area contributed by atoms with Gasteiger partial charge in [-0.05, 0) is 19.1 Å². The van der Waals surface area contributed by atoms with Crippen molar-refractivity contribution in [3.63, 3.8) is 0 Å². The SMILES string of the molecule is C[C@H](Oc1ccc2c(=O)cc(-c3ccccc3)oc2c1)C(=O)O. The Morgan fingerprint density at radius 1 is 1.13 bits per heavy atom. The molecule has 23 heavy (non-hydrogen) atoms. The number of carboxylic acid groups (broad SMARTS) is 1. The van der Waals surface area contributed by atoms with Gasteiger partial charge in [-0.3, -0.25) is 4.79 Å². The van der Waals surface area contributed by atoms with Crippen LogP contribution in [0.5, 0.6) is 5.75 Å². The Kier molecular flexibility index (Phi) is 3.85. The Morgan fingerprint density at radius 3 is 2.57 bits per heavy atom. The van der Waals surface area contributed by atoms with Gasteiger partial charge in [-0.25, -0.2) is 4.79 Å². The molecular formula is C18H14O5. The lowest BCUT2D eigenvalue weighted by Gasteiger charge is -2.11. The van der Waals surface area contributed by atoms with Crippen molar-refractivity contribution in [3.8, 4) is 17.1 Å². The third-order valence-corrected chi connectivity index (χ3v) is 3.42. The molecule has 0 spiro atoms. The number of carbonyl (C=O) groups is 1.